The topological polar surface area (TPSA) is 53.4 Å². The Bertz CT molecular complexity index is 658. The standard InChI is InChI=1S/C16H17FN2O2/c1-3-19(10-12-7-4-6-11(2)18-12)14-9-5-8-13(17)15(14)16(20)21/h4-9H,3,10H2,1-2H3,(H,20,21). The smallest absolute Gasteiger partial charge is 0.340 e. The quantitative estimate of drug-likeness (QED) is 0.917. The van der Waals surface area contributed by atoms with Crippen molar-refractivity contribution in [3.63, 3.8) is 0 Å². The summed E-state index contributed by atoms with van der Waals surface area (Å²) in [6, 6.07) is 9.95. The molecule has 0 aliphatic heterocycles. The molecule has 1 N–H and O–H groups in total. The molecule has 1 aromatic heterocycles. The van der Waals surface area contributed by atoms with Gasteiger partial charge in [0.25, 0.3) is 0 Å². The minimum atomic E-state index is -1.27. The van der Waals surface area contributed by atoms with Crippen molar-refractivity contribution in [3.05, 3.63) is 59.2 Å². The number of halogens is 1. The molecular weight excluding hydrogens is 271 g/mol. The van der Waals surface area contributed by atoms with Gasteiger partial charge in [-0.15, -0.1) is 0 Å². The molecule has 0 atom stereocenters. The third-order valence-electron chi connectivity index (χ3n) is 3.23. The summed E-state index contributed by atoms with van der Waals surface area (Å²) in [4.78, 5) is 17.5. The maximum absolute atomic E-state index is 13.8. The minimum Gasteiger partial charge on any atom is -0.478 e. The fourth-order valence-corrected chi connectivity index (χ4v) is 2.24. The number of pyridine rings is 1. The Morgan fingerprint density at radius 1 is 1.29 bits per heavy atom. The Labute approximate surface area is 122 Å². The predicted molar refractivity (Wildman–Crippen MR) is 79.1 cm³/mol. The van der Waals surface area contributed by atoms with Gasteiger partial charge in [-0.25, -0.2) is 9.18 Å². The zero-order valence-corrected chi connectivity index (χ0v) is 12.0. The van der Waals surface area contributed by atoms with Crippen LogP contribution >= 0.6 is 0 Å². The number of hydrogen-bond acceptors (Lipinski definition) is 3. The second kappa shape index (κ2) is 6.35. The van der Waals surface area contributed by atoms with Crippen LogP contribution in [0.1, 0.15) is 28.7 Å². The Morgan fingerprint density at radius 3 is 2.62 bits per heavy atom. The van der Waals surface area contributed by atoms with E-state index in [0.717, 1.165) is 17.5 Å². The molecule has 0 saturated carbocycles. The van der Waals surface area contributed by atoms with E-state index in [4.69, 9.17) is 0 Å². The molecule has 0 spiro atoms. The first kappa shape index (κ1) is 15.0. The van der Waals surface area contributed by atoms with Crippen LogP contribution in [0, 0.1) is 12.7 Å². The third kappa shape index (κ3) is 3.37. The van der Waals surface area contributed by atoms with E-state index in [1.807, 2.05) is 32.0 Å². The lowest BCUT2D eigenvalue weighted by molar-refractivity contribution is 0.0692. The Morgan fingerprint density at radius 2 is 2.00 bits per heavy atom. The molecule has 2 rings (SSSR count). The fraction of sp³-hybridized carbons (Fsp3) is 0.250. The van der Waals surface area contributed by atoms with Gasteiger partial charge in [-0.1, -0.05) is 12.1 Å². The maximum atomic E-state index is 13.8. The van der Waals surface area contributed by atoms with Crippen LogP contribution in [0.4, 0.5) is 10.1 Å². The largest absolute Gasteiger partial charge is 0.478 e. The first-order valence-electron chi connectivity index (χ1n) is 6.72. The zero-order chi connectivity index (χ0) is 15.4. The summed E-state index contributed by atoms with van der Waals surface area (Å²) < 4.78 is 13.8. The molecule has 0 aliphatic carbocycles. The molecule has 4 nitrogen and oxygen atoms in total. The predicted octanol–water partition coefficient (Wildman–Crippen LogP) is 3.25. The van der Waals surface area contributed by atoms with Crippen molar-refractivity contribution in [1.82, 2.24) is 4.98 Å². The summed E-state index contributed by atoms with van der Waals surface area (Å²) in [5, 5.41) is 9.22. The van der Waals surface area contributed by atoms with E-state index in [9.17, 15) is 14.3 Å². The molecular formula is C16H17FN2O2. The number of anilines is 1. The second-order valence-corrected chi connectivity index (χ2v) is 4.72. The van der Waals surface area contributed by atoms with Gasteiger partial charge in [0.2, 0.25) is 0 Å². The Hall–Kier alpha value is -2.43. The summed E-state index contributed by atoms with van der Waals surface area (Å²) in [7, 11) is 0. The molecule has 2 aromatic rings. The number of rotatable bonds is 5. The molecule has 0 amide bonds. The van der Waals surface area contributed by atoms with Crippen LogP contribution in [0.15, 0.2) is 36.4 Å². The van der Waals surface area contributed by atoms with E-state index in [-0.39, 0.29) is 5.56 Å². The Kier molecular flexibility index (Phi) is 4.52. The monoisotopic (exact) mass is 288 g/mol. The SMILES string of the molecule is CCN(Cc1cccc(C)n1)c1cccc(F)c1C(=O)O. The minimum absolute atomic E-state index is 0.299. The number of carboxylic acid groups (broad SMARTS) is 1. The van der Waals surface area contributed by atoms with Crippen molar-refractivity contribution in [2.24, 2.45) is 0 Å². The molecule has 0 saturated heterocycles. The van der Waals surface area contributed by atoms with E-state index in [1.54, 1.807) is 11.0 Å². The van der Waals surface area contributed by atoms with Gasteiger partial charge in [-0.2, -0.15) is 0 Å². The van der Waals surface area contributed by atoms with Crippen molar-refractivity contribution >= 4 is 11.7 Å². The normalized spacial score (nSPS) is 10.4. The zero-order valence-electron chi connectivity index (χ0n) is 12.0. The van der Waals surface area contributed by atoms with Gasteiger partial charge in [0, 0.05) is 12.2 Å². The van der Waals surface area contributed by atoms with Crippen LogP contribution in [0.25, 0.3) is 0 Å². The highest BCUT2D eigenvalue weighted by Crippen LogP contribution is 2.24. The number of aromatic nitrogens is 1. The highest BCUT2D eigenvalue weighted by atomic mass is 19.1. The van der Waals surface area contributed by atoms with Gasteiger partial charge < -0.3 is 10.0 Å². The van der Waals surface area contributed by atoms with Gasteiger partial charge >= 0.3 is 5.97 Å². The summed E-state index contributed by atoms with van der Waals surface area (Å²) >= 11 is 0. The van der Waals surface area contributed by atoms with Gasteiger partial charge in [-0.3, -0.25) is 4.98 Å². The van der Waals surface area contributed by atoms with Crippen LogP contribution in [-0.2, 0) is 6.54 Å². The number of nitrogens with zero attached hydrogens (tertiary/aromatic N) is 2. The van der Waals surface area contributed by atoms with Crippen LogP contribution < -0.4 is 4.90 Å². The van der Waals surface area contributed by atoms with Gasteiger partial charge in [0.15, 0.2) is 0 Å². The third-order valence-corrected chi connectivity index (χ3v) is 3.23. The molecule has 0 bridgehead atoms. The van der Waals surface area contributed by atoms with E-state index in [2.05, 4.69) is 4.98 Å². The lowest BCUT2D eigenvalue weighted by Gasteiger charge is -2.24. The van der Waals surface area contributed by atoms with Crippen molar-refractivity contribution in [2.45, 2.75) is 20.4 Å². The van der Waals surface area contributed by atoms with Crippen LogP contribution in [0.5, 0.6) is 0 Å². The second-order valence-electron chi connectivity index (χ2n) is 4.72. The van der Waals surface area contributed by atoms with Crippen molar-refractivity contribution in [2.75, 3.05) is 11.4 Å². The number of aryl methyl sites for hydroxylation is 1. The number of carboxylic acids is 1. The summed E-state index contributed by atoms with van der Waals surface area (Å²) in [6.07, 6.45) is 0. The van der Waals surface area contributed by atoms with E-state index < -0.39 is 11.8 Å². The van der Waals surface area contributed by atoms with Crippen LogP contribution in [0.2, 0.25) is 0 Å². The maximum Gasteiger partial charge on any atom is 0.340 e. The number of benzene rings is 1. The first-order valence-corrected chi connectivity index (χ1v) is 6.72. The molecule has 21 heavy (non-hydrogen) atoms. The Balaban J connectivity index is 2.38. The van der Waals surface area contributed by atoms with E-state index in [0.29, 0.717) is 18.8 Å². The van der Waals surface area contributed by atoms with Gasteiger partial charge in [0.1, 0.15) is 11.4 Å². The van der Waals surface area contributed by atoms with Gasteiger partial charge in [0.05, 0.1) is 17.9 Å². The molecule has 5 heteroatoms. The molecule has 110 valence electrons. The molecule has 1 aromatic carbocycles. The molecule has 0 radical (unpaired) electrons. The van der Waals surface area contributed by atoms with Crippen molar-refractivity contribution < 1.29 is 14.3 Å². The molecule has 0 aliphatic rings. The fourth-order valence-electron chi connectivity index (χ4n) is 2.24. The number of hydrogen-bond donors (Lipinski definition) is 1. The number of carbonyl (C=O) groups is 1. The van der Waals surface area contributed by atoms with E-state index in [1.165, 1.54) is 6.07 Å². The van der Waals surface area contributed by atoms with Crippen LogP contribution in [-0.4, -0.2) is 22.6 Å². The highest BCUT2D eigenvalue weighted by Gasteiger charge is 2.19. The molecule has 0 fully saturated rings. The summed E-state index contributed by atoms with van der Waals surface area (Å²) in [5.74, 6) is -1.99. The van der Waals surface area contributed by atoms with Crippen molar-refractivity contribution in [1.29, 1.82) is 0 Å². The summed E-state index contributed by atoms with van der Waals surface area (Å²) in [5.41, 5.74) is 1.78. The number of aromatic carboxylic acids is 1. The van der Waals surface area contributed by atoms with E-state index >= 15 is 0 Å². The lowest BCUT2D eigenvalue weighted by Crippen LogP contribution is -2.25. The highest BCUT2D eigenvalue weighted by molar-refractivity contribution is 5.94. The van der Waals surface area contributed by atoms with Crippen LogP contribution in [0.3, 0.4) is 0 Å². The lowest BCUT2D eigenvalue weighted by atomic mass is 10.1. The molecule has 0 unspecified atom stereocenters. The molecule has 1 heterocycles. The average molecular weight is 288 g/mol. The average Bonchev–Trinajstić information content (AvgIpc) is 2.44. The first-order chi connectivity index (χ1) is 10.0. The van der Waals surface area contributed by atoms with Crippen molar-refractivity contribution in [3.8, 4) is 0 Å². The van der Waals surface area contributed by atoms with Gasteiger partial charge in [-0.05, 0) is 38.1 Å². The summed E-state index contributed by atoms with van der Waals surface area (Å²) in [6.45, 7) is 4.78.